The van der Waals surface area contributed by atoms with Gasteiger partial charge in [0.25, 0.3) is 0 Å². The second-order valence-electron chi connectivity index (χ2n) is 17.0. The Balaban J connectivity index is 1.17. The van der Waals surface area contributed by atoms with Crippen molar-refractivity contribution in [1.82, 2.24) is 35.3 Å². The van der Waals surface area contributed by atoms with E-state index in [9.17, 15) is 65.6 Å². The molecule has 2 aromatic carbocycles. The maximum absolute atomic E-state index is 14.5. The monoisotopic (exact) mass is 1060 g/mol. The van der Waals surface area contributed by atoms with Crippen LogP contribution in [0.2, 0.25) is 0 Å². The third kappa shape index (κ3) is 12.7. The van der Waals surface area contributed by atoms with Crippen molar-refractivity contribution in [3.8, 4) is 12.1 Å². The number of pyridine rings is 2. The van der Waals surface area contributed by atoms with E-state index < -0.39 is 84.5 Å². The normalized spacial score (nSPS) is 16.1. The van der Waals surface area contributed by atoms with Crippen LogP contribution in [0.15, 0.2) is 108 Å². The van der Waals surface area contributed by atoms with Crippen LogP contribution in [0.4, 0.5) is 47.3 Å². The molecule has 398 valence electrons. The Bertz CT molecular complexity index is 2820. The van der Waals surface area contributed by atoms with Gasteiger partial charge in [0.05, 0.1) is 58.9 Å². The van der Waals surface area contributed by atoms with Crippen molar-refractivity contribution in [3.63, 3.8) is 0 Å². The van der Waals surface area contributed by atoms with Crippen LogP contribution < -0.4 is 20.4 Å². The second kappa shape index (κ2) is 24.0. The van der Waals surface area contributed by atoms with Crippen molar-refractivity contribution >= 4 is 47.2 Å². The number of anilines is 2. The highest BCUT2D eigenvalue weighted by molar-refractivity contribution is 6.05. The van der Waals surface area contributed by atoms with Crippen LogP contribution in [0.1, 0.15) is 73.4 Å². The fourth-order valence-corrected chi connectivity index (χ4v) is 8.48. The number of benzene rings is 2. The number of likely N-dealkylation sites (N-methyl/N-ethyl adjacent to an activating group) is 1. The predicted molar refractivity (Wildman–Crippen MR) is 258 cm³/mol. The third-order valence-electron chi connectivity index (χ3n) is 12.0. The van der Waals surface area contributed by atoms with Gasteiger partial charge in [-0.2, -0.15) is 36.9 Å². The van der Waals surface area contributed by atoms with Crippen molar-refractivity contribution in [2.24, 2.45) is 0 Å². The quantitative estimate of drug-likeness (QED) is 0.0775. The lowest BCUT2D eigenvalue weighted by Gasteiger charge is -2.42. The standard InChI is InChI=1S/C51H49F6N11O8/c1-6-75-46(71)42-30(3)67(38-12-8-10-34(22-38)50(52,53)54)48(73)65(44(42)32-14-16-36(24-58)62-26-32)28-40(69)60-18-20-64(5)21-19-61-41(70)29-66-45(33-15-17-37(25-59)63-27-33)43(47(72)76-7-2)31(4)68(49(66)74)39-13-9-11-35(23-39)51(55,56)57/h8-17,22-23,26-27,44-45H,6-7,18-21,28-29H2,1-5H3,(H,60,69)(H,61,70). The number of rotatable bonds is 18. The number of hydrogen-bond acceptors (Lipinski definition) is 13. The van der Waals surface area contributed by atoms with Crippen LogP contribution in [-0.4, -0.2) is 120 Å². The van der Waals surface area contributed by atoms with E-state index in [4.69, 9.17) is 9.47 Å². The van der Waals surface area contributed by atoms with Gasteiger partial charge < -0.3 is 34.8 Å². The molecule has 0 saturated heterocycles. The number of halogens is 6. The molecule has 0 aliphatic carbocycles. The van der Waals surface area contributed by atoms with Crippen LogP contribution in [0, 0.1) is 22.7 Å². The molecule has 4 aromatic rings. The van der Waals surface area contributed by atoms with E-state index in [0.29, 0.717) is 0 Å². The molecule has 6 amide bonds. The van der Waals surface area contributed by atoms with Crippen LogP contribution in [-0.2, 0) is 41.0 Å². The van der Waals surface area contributed by atoms with E-state index in [1.807, 2.05) is 12.1 Å². The van der Waals surface area contributed by atoms with Crippen molar-refractivity contribution in [1.29, 1.82) is 10.5 Å². The lowest BCUT2D eigenvalue weighted by Crippen LogP contribution is -2.54. The number of hydrogen-bond donors (Lipinski definition) is 2. The molecule has 0 spiro atoms. The van der Waals surface area contributed by atoms with Crippen LogP contribution in [0.3, 0.4) is 0 Å². The summed E-state index contributed by atoms with van der Waals surface area (Å²) in [5, 5.41) is 24.1. The summed E-state index contributed by atoms with van der Waals surface area (Å²) in [6, 6.07) is 12.2. The topological polar surface area (TPSA) is 234 Å². The Hall–Kier alpha value is -8.84. The molecule has 19 nitrogen and oxygen atoms in total. The Morgan fingerprint density at radius 1 is 0.645 bits per heavy atom. The number of alkyl halides is 6. The van der Waals surface area contributed by atoms with Gasteiger partial charge in [0.1, 0.15) is 36.6 Å². The summed E-state index contributed by atoms with van der Waals surface area (Å²) < 4.78 is 94.0. The number of urea groups is 2. The molecule has 2 N–H and O–H groups in total. The van der Waals surface area contributed by atoms with Gasteiger partial charge in [0.15, 0.2) is 0 Å². The number of nitrogens with zero attached hydrogens (tertiary/aromatic N) is 9. The molecule has 2 aliphatic heterocycles. The number of aromatic nitrogens is 2. The lowest BCUT2D eigenvalue weighted by atomic mass is 9.93. The van der Waals surface area contributed by atoms with E-state index in [2.05, 4.69) is 20.6 Å². The zero-order chi connectivity index (χ0) is 55.6. The van der Waals surface area contributed by atoms with Crippen LogP contribution in [0.5, 0.6) is 0 Å². The van der Waals surface area contributed by atoms with Crippen molar-refractivity contribution < 1.29 is 64.6 Å². The summed E-state index contributed by atoms with van der Waals surface area (Å²) in [7, 11) is 1.64. The van der Waals surface area contributed by atoms with E-state index >= 15 is 0 Å². The van der Waals surface area contributed by atoms with Gasteiger partial charge in [-0.05, 0) is 94.4 Å². The smallest absolute Gasteiger partial charge is 0.416 e. The number of nitriles is 2. The lowest BCUT2D eigenvalue weighted by molar-refractivity contribution is -0.140. The Labute approximate surface area is 431 Å². The second-order valence-corrected chi connectivity index (χ2v) is 17.0. The Morgan fingerprint density at radius 2 is 1.03 bits per heavy atom. The first-order valence-corrected chi connectivity index (χ1v) is 23.3. The molecule has 2 unspecified atom stereocenters. The third-order valence-corrected chi connectivity index (χ3v) is 12.0. The molecular formula is C51H49F6N11O8. The summed E-state index contributed by atoms with van der Waals surface area (Å²) in [6.07, 6.45) is -7.14. The van der Waals surface area contributed by atoms with Crippen LogP contribution in [0.25, 0.3) is 0 Å². The molecule has 76 heavy (non-hydrogen) atoms. The number of amides is 6. The van der Waals surface area contributed by atoms with Crippen molar-refractivity contribution in [2.45, 2.75) is 52.1 Å². The molecule has 0 saturated carbocycles. The van der Waals surface area contributed by atoms with E-state index in [-0.39, 0.29) is 95.8 Å². The summed E-state index contributed by atoms with van der Waals surface area (Å²) in [4.78, 5) is 97.3. The van der Waals surface area contributed by atoms with E-state index in [1.165, 1.54) is 76.5 Å². The maximum Gasteiger partial charge on any atom is 0.416 e. The summed E-state index contributed by atoms with van der Waals surface area (Å²) in [5.41, 5.74) is -2.89. The molecule has 2 atom stereocenters. The molecule has 2 aromatic heterocycles. The molecule has 4 heterocycles. The first kappa shape index (κ1) is 56.5. The van der Waals surface area contributed by atoms with Gasteiger partial charge in [-0.25, -0.2) is 29.1 Å². The minimum Gasteiger partial charge on any atom is -0.463 e. The largest absolute Gasteiger partial charge is 0.463 e. The highest BCUT2D eigenvalue weighted by Crippen LogP contribution is 2.43. The molecule has 0 radical (unpaired) electrons. The Morgan fingerprint density at radius 3 is 1.34 bits per heavy atom. The average Bonchev–Trinajstić information content (AvgIpc) is 3.37. The minimum absolute atomic E-state index is 0.00744. The predicted octanol–water partition coefficient (Wildman–Crippen LogP) is 6.76. The van der Waals surface area contributed by atoms with Crippen molar-refractivity contribution in [3.05, 3.63) is 141 Å². The highest BCUT2D eigenvalue weighted by Gasteiger charge is 2.46. The van der Waals surface area contributed by atoms with Gasteiger partial charge in [-0.3, -0.25) is 19.4 Å². The average molecular weight is 1060 g/mol. The molecule has 0 bridgehead atoms. The minimum atomic E-state index is -4.80. The zero-order valence-electron chi connectivity index (χ0n) is 41.5. The molecular weight excluding hydrogens is 1010 g/mol. The van der Waals surface area contributed by atoms with Gasteiger partial charge >= 0.3 is 36.4 Å². The highest BCUT2D eigenvalue weighted by atomic mass is 19.4. The summed E-state index contributed by atoms with van der Waals surface area (Å²) >= 11 is 0. The van der Waals surface area contributed by atoms with Gasteiger partial charge in [0, 0.05) is 50.0 Å². The number of esters is 2. The fourth-order valence-electron chi connectivity index (χ4n) is 8.48. The number of allylic oxidation sites excluding steroid dienone is 2. The zero-order valence-corrected chi connectivity index (χ0v) is 41.5. The Kier molecular flexibility index (Phi) is 17.8. The van der Waals surface area contributed by atoms with Crippen molar-refractivity contribution in [2.75, 3.05) is 69.3 Å². The molecule has 25 heteroatoms. The van der Waals surface area contributed by atoms with E-state index in [0.717, 1.165) is 56.0 Å². The SMILES string of the molecule is CCOC(=O)C1=C(C)N(c2cccc(C(F)(F)F)c2)C(=O)N(CC(=O)NCCN(C)CCNC(=O)CN2C(=O)N(c3cccc(C(F)(F)F)c3)C(C)=C(C(=O)OCC)C2c2ccc(C#N)nc2)C1c1ccc(C#N)nc1. The number of nitrogens with one attached hydrogen (secondary N) is 2. The van der Waals surface area contributed by atoms with Crippen LogP contribution >= 0.6 is 0 Å². The first-order valence-electron chi connectivity index (χ1n) is 23.3. The number of carbonyl (C=O) groups is 6. The maximum atomic E-state index is 14.5. The molecule has 6 rings (SSSR count). The number of ether oxygens (including phenoxy) is 2. The first-order chi connectivity index (χ1) is 36.0. The fraction of sp³-hybridized carbons (Fsp3) is 0.333. The van der Waals surface area contributed by atoms with Gasteiger partial charge in [-0.1, -0.05) is 24.3 Å². The molecule has 0 fully saturated rings. The summed E-state index contributed by atoms with van der Waals surface area (Å²) in [5.74, 6) is -3.38. The van der Waals surface area contributed by atoms with E-state index in [1.54, 1.807) is 11.9 Å². The van der Waals surface area contributed by atoms with Gasteiger partial charge in [-0.15, -0.1) is 0 Å². The van der Waals surface area contributed by atoms with Gasteiger partial charge in [0.2, 0.25) is 11.8 Å². The number of carbonyl (C=O) groups excluding carboxylic acids is 6. The molecule has 2 aliphatic rings. The summed E-state index contributed by atoms with van der Waals surface area (Å²) in [6.45, 7) is 4.20.